The number of benzene rings is 2. The number of alkyl halides is 3. The third-order valence-corrected chi connectivity index (χ3v) is 6.09. The third kappa shape index (κ3) is 3.85. The number of halogens is 3. The van der Waals surface area contributed by atoms with Crippen LogP contribution >= 0.6 is 0 Å². The van der Waals surface area contributed by atoms with Crippen molar-refractivity contribution in [3.05, 3.63) is 87.4 Å². The molecule has 1 aromatic heterocycles. The first-order chi connectivity index (χ1) is 16.5. The fourth-order valence-electron chi connectivity index (χ4n) is 4.57. The van der Waals surface area contributed by atoms with Crippen LogP contribution in [-0.4, -0.2) is 15.3 Å². The number of nitrogens with zero attached hydrogens (tertiary/aromatic N) is 2. The molecule has 0 fully saturated rings. The minimum atomic E-state index is -4.68. The highest BCUT2D eigenvalue weighted by Gasteiger charge is 2.51. The molecule has 0 bridgehead atoms. The van der Waals surface area contributed by atoms with E-state index in [-0.39, 0.29) is 39.8 Å². The van der Waals surface area contributed by atoms with Gasteiger partial charge in [0.1, 0.15) is 17.4 Å². The predicted octanol–water partition coefficient (Wildman–Crippen LogP) is 4.87. The van der Waals surface area contributed by atoms with Crippen LogP contribution in [0, 0.1) is 36.0 Å². The summed E-state index contributed by atoms with van der Waals surface area (Å²) in [4.78, 5) is 0. The summed E-state index contributed by atoms with van der Waals surface area (Å²) in [5.41, 5.74) is 5.25. The number of nitriles is 1. The van der Waals surface area contributed by atoms with Crippen molar-refractivity contribution in [2.24, 2.45) is 11.7 Å². The Bertz CT molecular complexity index is 1450. The molecule has 0 saturated carbocycles. The number of aromatic nitrogens is 2. The molecule has 0 saturated heterocycles. The number of hydrogen-bond donors (Lipinski definition) is 3. The molecule has 6 nitrogen and oxygen atoms in total. The van der Waals surface area contributed by atoms with Crippen LogP contribution in [0.2, 0.25) is 0 Å². The molecule has 4 N–H and O–H groups in total. The summed E-state index contributed by atoms with van der Waals surface area (Å²) >= 11 is 0. The van der Waals surface area contributed by atoms with E-state index in [1.165, 1.54) is 12.1 Å². The molecule has 0 radical (unpaired) electrons. The van der Waals surface area contributed by atoms with E-state index in [2.05, 4.69) is 28.1 Å². The summed E-state index contributed by atoms with van der Waals surface area (Å²) in [7, 11) is 0. The minimum Gasteiger partial charge on any atom is -0.507 e. The van der Waals surface area contributed by atoms with Crippen molar-refractivity contribution in [1.29, 1.82) is 5.26 Å². The monoisotopic (exact) mass is 478 g/mol. The van der Waals surface area contributed by atoms with E-state index in [0.717, 1.165) is 12.1 Å². The van der Waals surface area contributed by atoms with Crippen molar-refractivity contribution in [2.45, 2.75) is 32.4 Å². The quantitative estimate of drug-likeness (QED) is 0.456. The Morgan fingerprint density at radius 2 is 1.89 bits per heavy atom. The van der Waals surface area contributed by atoms with Crippen molar-refractivity contribution >= 4 is 0 Å². The van der Waals surface area contributed by atoms with E-state index in [0.29, 0.717) is 11.3 Å². The number of allylic oxidation sites excluding steroid dienone is 1. The van der Waals surface area contributed by atoms with E-state index >= 15 is 0 Å². The maximum atomic E-state index is 14.0. The molecule has 9 heteroatoms. The third-order valence-electron chi connectivity index (χ3n) is 6.09. The Labute approximate surface area is 199 Å². The largest absolute Gasteiger partial charge is 0.507 e. The Balaban J connectivity index is 2.06. The van der Waals surface area contributed by atoms with Gasteiger partial charge in [-0.25, -0.2) is 0 Å². The number of nitrogens with two attached hydrogens (primary N) is 1. The highest BCUT2D eigenvalue weighted by molar-refractivity contribution is 5.63. The molecule has 3 aromatic rings. The number of ether oxygens (including phenoxy) is 1. The average Bonchev–Trinajstić information content (AvgIpc) is 3.16. The Hall–Kier alpha value is -4.37. The van der Waals surface area contributed by atoms with Gasteiger partial charge in [-0.1, -0.05) is 37.8 Å². The maximum Gasteiger partial charge on any atom is 0.416 e. The SMILES string of the molecule is Cc1[nH]nc2c1C(c1cc(C#Cc3ccccc3O)cc(C(F)(F)F)c1)(C(C)C)C(C#N)=C(N)O2. The van der Waals surface area contributed by atoms with Crippen LogP contribution in [0.25, 0.3) is 0 Å². The molecule has 4 rings (SSSR count). The number of hydrogen-bond acceptors (Lipinski definition) is 5. The summed E-state index contributed by atoms with van der Waals surface area (Å²) in [5.74, 6) is 4.83. The zero-order valence-corrected chi connectivity index (χ0v) is 19.1. The summed E-state index contributed by atoms with van der Waals surface area (Å²) in [6.07, 6.45) is -4.68. The van der Waals surface area contributed by atoms with Gasteiger partial charge in [0.2, 0.25) is 11.8 Å². The van der Waals surface area contributed by atoms with Gasteiger partial charge in [-0.05, 0) is 48.7 Å². The number of phenols is 1. The molecule has 0 spiro atoms. The fraction of sp³-hybridized carbons (Fsp3) is 0.231. The lowest BCUT2D eigenvalue weighted by Crippen LogP contribution is -2.41. The lowest BCUT2D eigenvalue weighted by atomic mass is 9.61. The van der Waals surface area contributed by atoms with Crippen LogP contribution in [0.1, 0.15) is 47.4 Å². The molecule has 35 heavy (non-hydrogen) atoms. The number of phenolic OH excluding ortho intramolecular Hbond substituents is 1. The number of fused-ring (bicyclic) bond motifs is 1. The van der Waals surface area contributed by atoms with Gasteiger partial charge < -0.3 is 15.6 Å². The van der Waals surface area contributed by atoms with Crippen molar-refractivity contribution in [3.8, 4) is 29.5 Å². The van der Waals surface area contributed by atoms with Crippen LogP contribution < -0.4 is 10.5 Å². The van der Waals surface area contributed by atoms with E-state index in [4.69, 9.17) is 10.5 Å². The molecule has 2 heterocycles. The van der Waals surface area contributed by atoms with Crippen molar-refractivity contribution in [3.63, 3.8) is 0 Å². The molecule has 0 amide bonds. The van der Waals surface area contributed by atoms with E-state index < -0.39 is 23.1 Å². The molecule has 178 valence electrons. The topological polar surface area (TPSA) is 108 Å². The summed E-state index contributed by atoms with van der Waals surface area (Å²) in [6.45, 7) is 5.29. The van der Waals surface area contributed by atoms with Gasteiger partial charge in [-0.15, -0.1) is 5.10 Å². The number of aryl methyl sites for hydroxylation is 1. The normalized spacial score (nSPS) is 17.3. The second-order valence-corrected chi connectivity index (χ2v) is 8.51. The second kappa shape index (κ2) is 8.44. The fourth-order valence-corrected chi connectivity index (χ4v) is 4.57. The Morgan fingerprint density at radius 1 is 1.17 bits per heavy atom. The lowest BCUT2D eigenvalue weighted by molar-refractivity contribution is -0.137. The Morgan fingerprint density at radius 3 is 2.51 bits per heavy atom. The zero-order valence-electron chi connectivity index (χ0n) is 19.1. The first-order valence-electron chi connectivity index (χ1n) is 10.7. The van der Waals surface area contributed by atoms with E-state index in [1.807, 2.05) is 0 Å². The molecule has 1 aliphatic rings. The summed E-state index contributed by atoms with van der Waals surface area (Å²) in [6, 6.07) is 11.8. The van der Waals surface area contributed by atoms with Crippen LogP contribution in [0.5, 0.6) is 11.6 Å². The highest BCUT2D eigenvalue weighted by Crippen LogP contribution is 2.53. The molecular formula is C26H21F3N4O2. The number of H-pyrrole nitrogens is 1. The second-order valence-electron chi connectivity index (χ2n) is 8.51. The van der Waals surface area contributed by atoms with Gasteiger partial charge in [0.05, 0.1) is 22.1 Å². The smallest absolute Gasteiger partial charge is 0.416 e. The van der Waals surface area contributed by atoms with Gasteiger partial charge in [-0.2, -0.15) is 18.4 Å². The highest BCUT2D eigenvalue weighted by atomic mass is 19.4. The summed E-state index contributed by atoms with van der Waals surface area (Å²) < 4.78 is 47.6. The van der Waals surface area contributed by atoms with Crippen LogP contribution in [0.3, 0.4) is 0 Å². The first kappa shape index (κ1) is 23.8. The molecule has 1 atom stereocenters. The number of para-hydroxylation sites is 1. The van der Waals surface area contributed by atoms with Gasteiger partial charge in [0.25, 0.3) is 0 Å². The number of rotatable bonds is 2. The number of nitrogens with one attached hydrogen (secondary N) is 1. The Kier molecular flexibility index (Phi) is 5.74. The van der Waals surface area contributed by atoms with Gasteiger partial charge in [-0.3, -0.25) is 5.10 Å². The predicted molar refractivity (Wildman–Crippen MR) is 122 cm³/mol. The van der Waals surface area contributed by atoms with Crippen LogP contribution in [-0.2, 0) is 11.6 Å². The molecule has 1 unspecified atom stereocenters. The van der Waals surface area contributed by atoms with Gasteiger partial charge in [0.15, 0.2) is 0 Å². The van der Waals surface area contributed by atoms with Gasteiger partial charge in [0, 0.05) is 11.3 Å². The lowest BCUT2D eigenvalue weighted by Gasteiger charge is -2.41. The van der Waals surface area contributed by atoms with Crippen molar-refractivity contribution in [1.82, 2.24) is 10.2 Å². The van der Waals surface area contributed by atoms with Crippen molar-refractivity contribution < 1.29 is 23.0 Å². The zero-order chi connectivity index (χ0) is 25.5. The molecular weight excluding hydrogens is 457 g/mol. The average molecular weight is 478 g/mol. The maximum absolute atomic E-state index is 14.0. The van der Waals surface area contributed by atoms with Crippen LogP contribution in [0.15, 0.2) is 53.9 Å². The molecule has 2 aromatic carbocycles. The van der Waals surface area contributed by atoms with Crippen LogP contribution in [0.4, 0.5) is 13.2 Å². The first-order valence-corrected chi connectivity index (χ1v) is 10.7. The van der Waals surface area contributed by atoms with E-state index in [1.54, 1.807) is 39.0 Å². The van der Waals surface area contributed by atoms with Gasteiger partial charge >= 0.3 is 6.18 Å². The minimum absolute atomic E-state index is 0.0107. The van der Waals surface area contributed by atoms with E-state index in [9.17, 15) is 23.5 Å². The molecule has 0 aliphatic carbocycles. The van der Waals surface area contributed by atoms with Crippen molar-refractivity contribution in [2.75, 3.05) is 0 Å². The standard InChI is InChI=1S/C26H21F3N4O2/c1-14(2)25(20(13-30)23(31)35-24-22(25)15(3)32-33-24)18-10-16(11-19(12-18)26(27,28)29)8-9-17-6-4-5-7-21(17)34/h4-7,10-12,14,34H,31H2,1-3H3,(H,32,33). The number of aromatic hydroxyl groups is 1. The molecule has 1 aliphatic heterocycles. The number of aromatic amines is 1. The summed E-state index contributed by atoms with van der Waals surface area (Å²) in [5, 5.41) is 27.0.